The van der Waals surface area contributed by atoms with Gasteiger partial charge in [-0.15, -0.1) is 24.9 Å². The minimum Gasteiger partial charge on any atom is -0.396 e. The highest BCUT2D eigenvalue weighted by molar-refractivity contribution is 8.02. The normalized spacial score (nSPS) is 26.6. The Hall–Kier alpha value is -2.58. The number of hydrogen-bond acceptors (Lipinski definition) is 5. The quantitative estimate of drug-likeness (QED) is 0.232. The van der Waals surface area contributed by atoms with Gasteiger partial charge in [-0.25, -0.2) is 0 Å². The van der Waals surface area contributed by atoms with E-state index in [0.717, 1.165) is 57.1 Å². The Labute approximate surface area is 243 Å². The number of aliphatic hydroxyl groups excluding tert-OH is 1. The van der Waals surface area contributed by atoms with E-state index in [9.17, 15) is 19.5 Å². The maximum atomic E-state index is 14.3. The van der Waals surface area contributed by atoms with E-state index >= 15 is 0 Å². The molecule has 7 nitrogen and oxygen atoms in total. The fourth-order valence-electron chi connectivity index (χ4n) is 6.91. The molecular weight excluding hydrogens is 522 g/mol. The van der Waals surface area contributed by atoms with Gasteiger partial charge in [0.05, 0.1) is 16.6 Å². The molecule has 3 fully saturated rings. The number of likely N-dealkylation sites (tertiary alicyclic amines) is 1. The number of thioether (sulfide) groups is 1. The largest absolute Gasteiger partial charge is 0.396 e. The standard InChI is InChI=1S/C32H45N3O4S/c1-4-7-21-33(19-5-2)31(39)28-32-18-17-25(40-32)26(27(32)30(38)35(28)22-13-8-9-14-23-36)29(37)34(20-6-3)24-15-11-10-12-16-24/h5-6,10-12,15-16,25-28,36H,2-4,7-9,13-14,17-23H2,1H3/t25-,26+,27-,28?,32?/m0/s1. The van der Waals surface area contributed by atoms with Crippen LogP contribution in [0.5, 0.6) is 0 Å². The van der Waals surface area contributed by atoms with Gasteiger partial charge in [0.1, 0.15) is 6.04 Å². The highest BCUT2D eigenvalue weighted by atomic mass is 32.2. The minimum atomic E-state index is -0.591. The molecule has 1 spiro atoms. The van der Waals surface area contributed by atoms with Crippen LogP contribution in [0.15, 0.2) is 55.6 Å². The molecule has 0 saturated carbocycles. The third-order valence-electron chi connectivity index (χ3n) is 8.71. The predicted molar refractivity (Wildman–Crippen MR) is 162 cm³/mol. The molecule has 3 saturated heterocycles. The van der Waals surface area contributed by atoms with Crippen LogP contribution in [0.25, 0.3) is 0 Å². The van der Waals surface area contributed by atoms with Gasteiger partial charge in [0, 0.05) is 43.7 Å². The molecule has 218 valence electrons. The summed E-state index contributed by atoms with van der Waals surface area (Å²) >= 11 is 1.73. The van der Waals surface area contributed by atoms with Crippen LogP contribution in [0.1, 0.15) is 58.3 Å². The van der Waals surface area contributed by atoms with Crippen molar-refractivity contribution in [2.75, 3.05) is 37.7 Å². The molecule has 0 aromatic heterocycles. The lowest BCUT2D eigenvalue weighted by atomic mass is 9.70. The number of carbonyl (C=O) groups is 3. The van der Waals surface area contributed by atoms with Crippen molar-refractivity contribution in [2.24, 2.45) is 11.8 Å². The van der Waals surface area contributed by atoms with E-state index in [0.29, 0.717) is 26.2 Å². The van der Waals surface area contributed by atoms with Crippen molar-refractivity contribution in [1.29, 1.82) is 0 Å². The average molecular weight is 568 g/mol. The van der Waals surface area contributed by atoms with E-state index in [1.54, 1.807) is 28.8 Å². The molecule has 2 bridgehead atoms. The second-order valence-corrected chi connectivity index (χ2v) is 12.8. The summed E-state index contributed by atoms with van der Waals surface area (Å²) in [7, 11) is 0. The maximum Gasteiger partial charge on any atom is 0.247 e. The van der Waals surface area contributed by atoms with Gasteiger partial charge in [-0.05, 0) is 44.2 Å². The zero-order valence-corrected chi connectivity index (χ0v) is 24.7. The highest BCUT2D eigenvalue weighted by Crippen LogP contribution is 2.66. The third-order valence-corrected chi connectivity index (χ3v) is 10.7. The summed E-state index contributed by atoms with van der Waals surface area (Å²) in [6.07, 6.45) is 10.2. The van der Waals surface area contributed by atoms with E-state index in [-0.39, 0.29) is 29.6 Å². The van der Waals surface area contributed by atoms with Crippen LogP contribution in [0.3, 0.4) is 0 Å². The number of para-hydroxylation sites is 1. The predicted octanol–water partition coefficient (Wildman–Crippen LogP) is 4.66. The molecule has 1 N–H and O–H groups in total. The fourth-order valence-corrected chi connectivity index (χ4v) is 9.12. The Morgan fingerprint density at radius 2 is 1.80 bits per heavy atom. The Morgan fingerprint density at radius 3 is 2.48 bits per heavy atom. The van der Waals surface area contributed by atoms with Gasteiger partial charge in [0.25, 0.3) is 0 Å². The molecule has 0 radical (unpaired) electrons. The van der Waals surface area contributed by atoms with Gasteiger partial charge in [0.2, 0.25) is 17.7 Å². The second kappa shape index (κ2) is 13.9. The van der Waals surface area contributed by atoms with Gasteiger partial charge in [-0.2, -0.15) is 0 Å². The van der Waals surface area contributed by atoms with Crippen molar-refractivity contribution in [3.8, 4) is 0 Å². The van der Waals surface area contributed by atoms with Gasteiger partial charge < -0.3 is 19.8 Å². The minimum absolute atomic E-state index is 0.00758. The number of fused-ring (bicyclic) bond motifs is 1. The van der Waals surface area contributed by atoms with Crippen molar-refractivity contribution >= 4 is 35.2 Å². The number of benzene rings is 1. The number of aliphatic hydroxyl groups is 1. The van der Waals surface area contributed by atoms with Gasteiger partial charge >= 0.3 is 0 Å². The molecule has 3 aliphatic rings. The van der Waals surface area contributed by atoms with Crippen LogP contribution in [0.2, 0.25) is 0 Å². The number of unbranched alkanes of at least 4 members (excludes halogenated alkanes) is 4. The lowest BCUT2D eigenvalue weighted by molar-refractivity contribution is -0.142. The second-order valence-electron chi connectivity index (χ2n) is 11.2. The summed E-state index contributed by atoms with van der Waals surface area (Å²) in [5.74, 6) is -1.08. The number of anilines is 1. The van der Waals surface area contributed by atoms with E-state index in [4.69, 9.17) is 0 Å². The van der Waals surface area contributed by atoms with Crippen molar-refractivity contribution in [1.82, 2.24) is 9.80 Å². The summed E-state index contributed by atoms with van der Waals surface area (Å²) in [6.45, 7) is 12.0. The molecule has 1 aromatic rings. The van der Waals surface area contributed by atoms with E-state index in [2.05, 4.69) is 20.1 Å². The Kier molecular flexibility index (Phi) is 10.5. The molecule has 3 amide bonds. The number of amides is 3. The zero-order valence-electron chi connectivity index (χ0n) is 23.9. The van der Waals surface area contributed by atoms with Gasteiger partial charge in [-0.3, -0.25) is 14.4 Å². The van der Waals surface area contributed by atoms with Crippen molar-refractivity contribution < 1.29 is 19.5 Å². The van der Waals surface area contributed by atoms with Crippen LogP contribution in [-0.2, 0) is 14.4 Å². The van der Waals surface area contributed by atoms with E-state index < -0.39 is 22.6 Å². The van der Waals surface area contributed by atoms with E-state index in [1.807, 2.05) is 40.1 Å². The number of hydrogen-bond donors (Lipinski definition) is 1. The SMILES string of the molecule is C=CCN(CCCC)C(=O)C1N(CCCCCCO)C(=O)[C@@H]2[C@H](C(=O)N(CC=C)c3ccccc3)[C@@H]3CCC12S3. The molecule has 5 atom stereocenters. The van der Waals surface area contributed by atoms with Gasteiger partial charge in [-0.1, -0.05) is 56.5 Å². The summed E-state index contributed by atoms with van der Waals surface area (Å²) < 4.78 is -0.591. The smallest absolute Gasteiger partial charge is 0.247 e. The molecule has 40 heavy (non-hydrogen) atoms. The molecule has 0 aliphatic carbocycles. The molecule has 3 heterocycles. The first-order valence-electron chi connectivity index (χ1n) is 14.9. The first-order chi connectivity index (χ1) is 19.4. The first-order valence-corrected chi connectivity index (χ1v) is 15.8. The molecule has 2 unspecified atom stereocenters. The lowest BCUT2D eigenvalue weighted by Gasteiger charge is -2.37. The van der Waals surface area contributed by atoms with E-state index in [1.165, 1.54) is 0 Å². The number of nitrogens with zero attached hydrogens (tertiary/aromatic N) is 3. The fraction of sp³-hybridized carbons (Fsp3) is 0.594. The number of carbonyl (C=O) groups excluding carboxylic acids is 3. The van der Waals surface area contributed by atoms with Crippen LogP contribution >= 0.6 is 11.8 Å². The van der Waals surface area contributed by atoms with Crippen LogP contribution < -0.4 is 4.90 Å². The summed E-state index contributed by atoms with van der Waals surface area (Å²) in [5, 5.41) is 9.19. The zero-order chi connectivity index (χ0) is 28.7. The molecule has 4 rings (SSSR count). The van der Waals surface area contributed by atoms with Crippen molar-refractivity contribution in [3.05, 3.63) is 55.6 Å². The summed E-state index contributed by atoms with van der Waals surface area (Å²) in [4.78, 5) is 48.3. The maximum absolute atomic E-state index is 14.3. The Balaban J connectivity index is 1.68. The third kappa shape index (κ3) is 5.75. The number of rotatable bonds is 16. The van der Waals surface area contributed by atoms with Crippen LogP contribution in [-0.4, -0.2) is 81.5 Å². The Morgan fingerprint density at radius 1 is 1.07 bits per heavy atom. The van der Waals surface area contributed by atoms with Gasteiger partial charge in [0.15, 0.2) is 0 Å². The van der Waals surface area contributed by atoms with Crippen molar-refractivity contribution in [2.45, 2.75) is 74.3 Å². The molecule has 8 heteroatoms. The molecule has 1 aromatic carbocycles. The topological polar surface area (TPSA) is 81.2 Å². The van der Waals surface area contributed by atoms with Crippen LogP contribution in [0, 0.1) is 11.8 Å². The monoisotopic (exact) mass is 567 g/mol. The van der Waals surface area contributed by atoms with Crippen molar-refractivity contribution in [3.63, 3.8) is 0 Å². The van der Waals surface area contributed by atoms with Crippen LogP contribution in [0.4, 0.5) is 5.69 Å². The first kappa shape index (κ1) is 30.4. The highest BCUT2D eigenvalue weighted by Gasteiger charge is 2.74. The Bertz CT molecular complexity index is 1070. The molecular formula is C32H45N3O4S. The summed E-state index contributed by atoms with van der Waals surface area (Å²) in [6, 6.07) is 9.00. The summed E-state index contributed by atoms with van der Waals surface area (Å²) in [5.41, 5.74) is 0.796. The lowest BCUT2D eigenvalue weighted by Crippen LogP contribution is -2.55. The average Bonchev–Trinajstić information content (AvgIpc) is 3.61. The molecule has 3 aliphatic heterocycles.